The Balaban J connectivity index is 1.39. The minimum absolute atomic E-state index is 0.597. The van der Waals surface area contributed by atoms with Crippen LogP contribution in [0.15, 0.2) is 0 Å². The zero-order chi connectivity index (χ0) is 18.2. The second-order valence-electron chi connectivity index (χ2n) is 9.97. The van der Waals surface area contributed by atoms with Crippen molar-refractivity contribution in [2.24, 2.45) is 29.6 Å². The Morgan fingerprint density at radius 2 is 1.35 bits per heavy atom. The molecule has 3 aliphatic carbocycles. The first-order chi connectivity index (χ1) is 12.8. The Morgan fingerprint density at radius 3 is 2.12 bits per heavy atom. The molecule has 0 aromatic rings. The van der Waals surface area contributed by atoms with Crippen LogP contribution >= 0.6 is 0 Å². The van der Waals surface area contributed by atoms with E-state index in [1.807, 2.05) is 0 Å². The van der Waals surface area contributed by atoms with Gasteiger partial charge in [0.05, 0.1) is 6.10 Å². The molecule has 1 nitrogen and oxygen atoms in total. The minimum atomic E-state index is 0.597. The molecule has 152 valence electrons. The highest BCUT2D eigenvalue weighted by Gasteiger charge is 2.44. The fourth-order valence-electron chi connectivity index (χ4n) is 6.72. The molecule has 0 spiro atoms. The van der Waals surface area contributed by atoms with Gasteiger partial charge in [0.25, 0.3) is 0 Å². The first-order valence-electron chi connectivity index (χ1n) is 12.4. The molecule has 0 aliphatic heterocycles. The van der Waals surface area contributed by atoms with E-state index in [2.05, 4.69) is 13.8 Å². The lowest BCUT2D eigenvalue weighted by Gasteiger charge is -2.50. The molecule has 3 aliphatic rings. The van der Waals surface area contributed by atoms with Crippen LogP contribution in [0.3, 0.4) is 0 Å². The van der Waals surface area contributed by atoms with E-state index in [4.69, 9.17) is 4.74 Å². The molecule has 1 heteroatoms. The summed E-state index contributed by atoms with van der Waals surface area (Å²) in [5.74, 6) is 5.31. The third kappa shape index (κ3) is 5.73. The highest BCUT2D eigenvalue weighted by atomic mass is 16.5. The van der Waals surface area contributed by atoms with E-state index in [0.717, 1.165) is 36.2 Å². The number of ether oxygens (including phenoxy) is 1. The number of rotatable bonds is 10. The van der Waals surface area contributed by atoms with Gasteiger partial charge in [-0.2, -0.15) is 0 Å². The molecule has 0 aromatic heterocycles. The maximum absolute atomic E-state index is 6.25. The number of unbranched alkanes of at least 4 members (excludes halogenated alkanes) is 5. The van der Waals surface area contributed by atoms with E-state index in [1.165, 1.54) is 77.0 Å². The van der Waals surface area contributed by atoms with Crippen LogP contribution in [-0.4, -0.2) is 12.7 Å². The summed E-state index contributed by atoms with van der Waals surface area (Å²) in [6.45, 7) is 5.62. The van der Waals surface area contributed by atoms with Gasteiger partial charge < -0.3 is 4.74 Å². The number of hydrogen-bond acceptors (Lipinski definition) is 1. The molecule has 3 saturated carbocycles. The van der Waals surface area contributed by atoms with Crippen LogP contribution in [-0.2, 0) is 4.74 Å². The zero-order valence-corrected chi connectivity index (χ0v) is 17.9. The summed E-state index contributed by atoms with van der Waals surface area (Å²) in [4.78, 5) is 0. The van der Waals surface area contributed by atoms with Crippen molar-refractivity contribution in [3.8, 4) is 0 Å². The van der Waals surface area contributed by atoms with Gasteiger partial charge in [-0.25, -0.2) is 0 Å². The van der Waals surface area contributed by atoms with E-state index >= 15 is 0 Å². The van der Waals surface area contributed by atoms with Crippen molar-refractivity contribution in [2.75, 3.05) is 6.61 Å². The molecule has 0 amide bonds. The largest absolute Gasteiger partial charge is 0.378 e. The fourth-order valence-corrected chi connectivity index (χ4v) is 6.72. The molecule has 6 atom stereocenters. The fraction of sp³-hybridized carbons (Fsp3) is 1.00. The molecule has 0 heterocycles. The third-order valence-electron chi connectivity index (χ3n) is 8.17. The maximum atomic E-state index is 6.25. The normalized spacial score (nSPS) is 37.2. The SMILES string of the molecule is CCCCCC[C@@H]1CCC2C(CCC3C[C@H](OCCCCC)CCC32)C1. The summed E-state index contributed by atoms with van der Waals surface area (Å²) in [7, 11) is 0. The van der Waals surface area contributed by atoms with E-state index < -0.39 is 0 Å². The van der Waals surface area contributed by atoms with Crippen LogP contribution in [0.5, 0.6) is 0 Å². The average molecular weight is 363 g/mol. The summed E-state index contributed by atoms with van der Waals surface area (Å²) in [5.41, 5.74) is 0. The molecule has 26 heavy (non-hydrogen) atoms. The quantitative estimate of drug-likeness (QED) is 0.360. The highest BCUT2D eigenvalue weighted by Crippen LogP contribution is 2.53. The van der Waals surface area contributed by atoms with Gasteiger partial charge in [-0.3, -0.25) is 0 Å². The Kier molecular flexibility index (Phi) is 8.82. The second-order valence-corrected chi connectivity index (χ2v) is 9.97. The van der Waals surface area contributed by atoms with Crippen molar-refractivity contribution in [2.45, 2.75) is 123 Å². The van der Waals surface area contributed by atoms with Crippen LogP contribution < -0.4 is 0 Å². The predicted octanol–water partition coefficient (Wildman–Crippen LogP) is 7.77. The molecule has 3 fully saturated rings. The number of hydrogen-bond donors (Lipinski definition) is 0. The van der Waals surface area contributed by atoms with Gasteiger partial charge in [0.15, 0.2) is 0 Å². The molecule has 3 rings (SSSR count). The molecule has 0 radical (unpaired) electrons. The van der Waals surface area contributed by atoms with Crippen LogP contribution in [0.1, 0.15) is 117 Å². The lowest BCUT2D eigenvalue weighted by molar-refractivity contribution is -0.0539. The summed E-state index contributed by atoms with van der Waals surface area (Å²) in [6.07, 6.45) is 23.8. The van der Waals surface area contributed by atoms with Gasteiger partial charge in [0.1, 0.15) is 0 Å². The van der Waals surface area contributed by atoms with Gasteiger partial charge in [0.2, 0.25) is 0 Å². The average Bonchev–Trinajstić information content (AvgIpc) is 2.68. The highest BCUT2D eigenvalue weighted by molar-refractivity contribution is 4.94. The van der Waals surface area contributed by atoms with Crippen molar-refractivity contribution in [1.82, 2.24) is 0 Å². The monoisotopic (exact) mass is 362 g/mol. The molecule has 4 unspecified atom stereocenters. The van der Waals surface area contributed by atoms with Gasteiger partial charge in [0, 0.05) is 6.61 Å². The molecule has 0 bridgehead atoms. The van der Waals surface area contributed by atoms with Crippen molar-refractivity contribution in [3.05, 3.63) is 0 Å². The van der Waals surface area contributed by atoms with E-state index in [1.54, 1.807) is 25.7 Å². The predicted molar refractivity (Wildman–Crippen MR) is 112 cm³/mol. The van der Waals surface area contributed by atoms with Crippen LogP contribution in [0.4, 0.5) is 0 Å². The molecule has 0 N–H and O–H groups in total. The van der Waals surface area contributed by atoms with Crippen LogP contribution in [0.25, 0.3) is 0 Å². The maximum Gasteiger partial charge on any atom is 0.0578 e. The molecule has 0 saturated heterocycles. The lowest BCUT2D eigenvalue weighted by Crippen LogP contribution is -2.42. The van der Waals surface area contributed by atoms with Gasteiger partial charge >= 0.3 is 0 Å². The van der Waals surface area contributed by atoms with Gasteiger partial charge in [-0.1, -0.05) is 65.2 Å². The first-order valence-corrected chi connectivity index (χ1v) is 12.4. The summed E-state index contributed by atoms with van der Waals surface area (Å²) < 4.78 is 6.25. The summed E-state index contributed by atoms with van der Waals surface area (Å²) in [6, 6.07) is 0. The third-order valence-corrected chi connectivity index (χ3v) is 8.17. The number of fused-ring (bicyclic) bond motifs is 3. The van der Waals surface area contributed by atoms with Crippen molar-refractivity contribution < 1.29 is 4.74 Å². The summed E-state index contributed by atoms with van der Waals surface area (Å²) in [5, 5.41) is 0. The van der Waals surface area contributed by atoms with Crippen molar-refractivity contribution in [1.29, 1.82) is 0 Å². The standard InChI is InChI=1S/C25H46O/c1-3-5-7-8-10-20-11-15-24-21(18-20)12-13-22-19-23(14-16-25(22)24)26-17-9-6-4-2/h20-25H,3-19H2,1-2H3/t20-,21?,22?,23-,24?,25?/m1/s1. The summed E-state index contributed by atoms with van der Waals surface area (Å²) >= 11 is 0. The molecule has 0 aromatic carbocycles. The molecular formula is C25H46O. The van der Waals surface area contributed by atoms with Crippen LogP contribution in [0.2, 0.25) is 0 Å². The first kappa shape index (κ1) is 20.7. The van der Waals surface area contributed by atoms with Crippen LogP contribution in [0, 0.1) is 29.6 Å². The topological polar surface area (TPSA) is 9.23 Å². The lowest BCUT2D eigenvalue weighted by atomic mass is 9.56. The van der Waals surface area contributed by atoms with Gasteiger partial charge in [-0.15, -0.1) is 0 Å². The zero-order valence-electron chi connectivity index (χ0n) is 17.9. The smallest absolute Gasteiger partial charge is 0.0578 e. The Hall–Kier alpha value is -0.0400. The van der Waals surface area contributed by atoms with E-state index in [-0.39, 0.29) is 0 Å². The Bertz CT molecular complexity index is 342. The Morgan fingerprint density at radius 1 is 0.654 bits per heavy atom. The Labute approximate surface area is 164 Å². The van der Waals surface area contributed by atoms with E-state index in [0.29, 0.717) is 6.10 Å². The minimum Gasteiger partial charge on any atom is -0.378 e. The second kappa shape index (κ2) is 11.1. The molecular weight excluding hydrogens is 316 g/mol. The van der Waals surface area contributed by atoms with E-state index in [9.17, 15) is 0 Å². The van der Waals surface area contributed by atoms with Crippen molar-refractivity contribution in [3.63, 3.8) is 0 Å². The van der Waals surface area contributed by atoms with Gasteiger partial charge in [-0.05, 0) is 81.0 Å². The van der Waals surface area contributed by atoms with Crippen molar-refractivity contribution >= 4 is 0 Å².